The zero-order valence-electron chi connectivity index (χ0n) is 22.2. The molecule has 8 heteroatoms. The number of nitrogens with zero attached hydrogens (tertiary/aromatic N) is 1. The van der Waals surface area contributed by atoms with E-state index in [9.17, 15) is 14.7 Å². The number of carbonyl (C=O) groups excluding carboxylic acids is 2. The molecule has 0 spiro atoms. The van der Waals surface area contributed by atoms with Gasteiger partial charge in [0.2, 0.25) is 5.91 Å². The van der Waals surface area contributed by atoms with Gasteiger partial charge in [0.25, 0.3) is 0 Å². The lowest BCUT2D eigenvalue weighted by Gasteiger charge is -2.40. The standard InChI is InChI=1S/C30H37N3O5/c1-4-7-22-16-24(17-32-29(22)31-3)38-23-12-14-30(15-13-23,20(2)34)25-9-6-5-8-21(25)10-11-28(36)33-26-18-37-19-27(26)35/h5-9,16-17,23,26-27,35H,1,10-15,18-19H2,2-3H3,(H,31,32)(H,33,36). The van der Waals surface area contributed by atoms with Gasteiger partial charge in [0.05, 0.1) is 43.1 Å². The van der Waals surface area contributed by atoms with Gasteiger partial charge in [-0.15, -0.1) is 5.73 Å². The summed E-state index contributed by atoms with van der Waals surface area (Å²) >= 11 is 0. The van der Waals surface area contributed by atoms with Crippen LogP contribution >= 0.6 is 0 Å². The van der Waals surface area contributed by atoms with Crippen LogP contribution in [0.15, 0.2) is 48.8 Å². The van der Waals surface area contributed by atoms with Crippen molar-refractivity contribution in [2.45, 2.75) is 69.1 Å². The third kappa shape index (κ3) is 6.16. The number of hydrogen-bond donors (Lipinski definition) is 3. The Labute approximate surface area is 224 Å². The third-order valence-electron chi connectivity index (χ3n) is 7.70. The fourth-order valence-corrected chi connectivity index (χ4v) is 5.57. The molecule has 2 aromatic rings. The molecule has 2 fully saturated rings. The number of ether oxygens (including phenoxy) is 2. The molecular formula is C30H37N3O5. The van der Waals surface area contributed by atoms with Crippen LogP contribution in [0.25, 0.3) is 6.08 Å². The molecule has 8 nitrogen and oxygen atoms in total. The van der Waals surface area contributed by atoms with E-state index in [0.29, 0.717) is 31.6 Å². The molecule has 38 heavy (non-hydrogen) atoms. The summed E-state index contributed by atoms with van der Waals surface area (Å²) < 4.78 is 11.5. The van der Waals surface area contributed by atoms with Gasteiger partial charge in [0.15, 0.2) is 0 Å². The summed E-state index contributed by atoms with van der Waals surface area (Å²) in [5.41, 5.74) is 5.04. The first-order chi connectivity index (χ1) is 18.4. The number of anilines is 1. The Hall–Kier alpha value is -3.45. The Balaban J connectivity index is 1.44. The highest BCUT2D eigenvalue weighted by Crippen LogP contribution is 2.43. The lowest BCUT2D eigenvalue weighted by atomic mass is 9.65. The molecule has 2 atom stereocenters. The van der Waals surface area contributed by atoms with Gasteiger partial charge in [0.1, 0.15) is 17.4 Å². The molecule has 0 radical (unpaired) electrons. The average Bonchev–Trinajstić information content (AvgIpc) is 3.32. The minimum absolute atomic E-state index is 0.0248. The second kappa shape index (κ2) is 12.4. The molecule has 202 valence electrons. The monoisotopic (exact) mass is 519 g/mol. The molecular weight excluding hydrogens is 482 g/mol. The molecule has 4 rings (SSSR count). The Morgan fingerprint density at radius 1 is 1.29 bits per heavy atom. The topological polar surface area (TPSA) is 110 Å². The summed E-state index contributed by atoms with van der Waals surface area (Å²) in [7, 11) is 1.81. The summed E-state index contributed by atoms with van der Waals surface area (Å²) in [5, 5.41) is 15.8. The normalized spacial score (nSPS) is 24.8. The fraction of sp³-hybridized carbons (Fsp3) is 0.467. The molecule has 1 aromatic heterocycles. The number of ketones is 1. The second-order valence-electron chi connectivity index (χ2n) is 10.1. The number of hydrogen-bond acceptors (Lipinski definition) is 7. The Morgan fingerprint density at radius 2 is 2.05 bits per heavy atom. The van der Waals surface area contributed by atoms with E-state index >= 15 is 0 Å². The maximum absolute atomic E-state index is 13.1. The Morgan fingerprint density at radius 3 is 2.71 bits per heavy atom. The maximum Gasteiger partial charge on any atom is 0.220 e. The number of aliphatic hydroxyl groups excluding tert-OH is 1. The quantitative estimate of drug-likeness (QED) is 0.412. The largest absolute Gasteiger partial charge is 0.489 e. The molecule has 1 amide bonds. The van der Waals surface area contributed by atoms with Crippen molar-refractivity contribution in [1.82, 2.24) is 10.3 Å². The molecule has 2 aliphatic rings. The van der Waals surface area contributed by atoms with Gasteiger partial charge in [-0.05, 0) is 62.3 Å². The lowest BCUT2D eigenvalue weighted by molar-refractivity contribution is -0.124. The van der Waals surface area contributed by atoms with Crippen molar-refractivity contribution in [3.8, 4) is 5.75 Å². The van der Waals surface area contributed by atoms with Crippen LogP contribution < -0.4 is 15.4 Å². The number of benzene rings is 1. The Bertz CT molecular complexity index is 1200. The molecule has 3 N–H and O–H groups in total. The van der Waals surface area contributed by atoms with Crippen molar-refractivity contribution in [3.05, 3.63) is 65.5 Å². The Kier molecular flexibility index (Phi) is 9.00. The van der Waals surface area contributed by atoms with Crippen LogP contribution in [-0.4, -0.2) is 60.3 Å². The first kappa shape index (κ1) is 27.6. The molecule has 1 aromatic carbocycles. The third-order valence-corrected chi connectivity index (χ3v) is 7.70. The van der Waals surface area contributed by atoms with Crippen molar-refractivity contribution in [2.75, 3.05) is 25.6 Å². The van der Waals surface area contributed by atoms with Crippen LogP contribution in [0.4, 0.5) is 5.82 Å². The SMILES string of the molecule is C=C=Cc1cc(OC2CCC(C(C)=O)(c3ccccc3CCC(=O)NC3COCC3O)CC2)cnc1NC. The fourth-order valence-electron chi connectivity index (χ4n) is 5.57. The van der Waals surface area contributed by atoms with E-state index in [1.54, 1.807) is 19.2 Å². The van der Waals surface area contributed by atoms with Crippen LogP contribution in [0.1, 0.15) is 55.7 Å². The van der Waals surface area contributed by atoms with Crippen LogP contribution in [-0.2, 0) is 26.2 Å². The number of rotatable bonds is 10. The second-order valence-corrected chi connectivity index (χ2v) is 10.1. The van der Waals surface area contributed by atoms with E-state index in [1.165, 1.54) is 0 Å². The summed E-state index contributed by atoms with van der Waals surface area (Å²) in [6.07, 6.45) is 6.36. The van der Waals surface area contributed by atoms with Crippen molar-refractivity contribution < 1.29 is 24.2 Å². The molecule has 1 aliphatic carbocycles. The van der Waals surface area contributed by atoms with Gasteiger partial charge >= 0.3 is 0 Å². The smallest absolute Gasteiger partial charge is 0.220 e. The van der Waals surface area contributed by atoms with E-state index in [1.807, 2.05) is 37.4 Å². The van der Waals surface area contributed by atoms with Gasteiger partial charge in [0, 0.05) is 19.0 Å². The van der Waals surface area contributed by atoms with Crippen molar-refractivity contribution in [3.63, 3.8) is 0 Å². The van der Waals surface area contributed by atoms with E-state index in [0.717, 1.165) is 35.3 Å². The van der Waals surface area contributed by atoms with Crippen LogP contribution in [0, 0.1) is 0 Å². The minimum atomic E-state index is -0.674. The zero-order chi connectivity index (χ0) is 27.1. The average molecular weight is 520 g/mol. The van der Waals surface area contributed by atoms with E-state index < -0.39 is 11.5 Å². The van der Waals surface area contributed by atoms with Crippen LogP contribution in [0.3, 0.4) is 0 Å². The molecule has 2 unspecified atom stereocenters. The van der Waals surface area contributed by atoms with Crippen molar-refractivity contribution in [1.29, 1.82) is 0 Å². The number of aryl methyl sites for hydroxylation is 1. The van der Waals surface area contributed by atoms with Gasteiger partial charge in [-0.1, -0.05) is 30.8 Å². The van der Waals surface area contributed by atoms with Gasteiger partial charge < -0.3 is 25.2 Å². The van der Waals surface area contributed by atoms with Gasteiger partial charge in [-0.3, -0.25) is 9.59 Å². The number of carbonyl (C=O) groups is 2. The number of amides is 1. The first-order valence-electron chi connectivity index (χ1n) is 13.2. The molecule has 1 saturated heterocycles. The maximum atomic E-state index is 13.1. The predicted octanol–water partition coefficient (Wildman–Crippen LogP) is 3.58. The van der Waals surface area contributed by atoms with Crippen LogP contribution in [0.2, 0.25) is 0 Å². The highest BCUT2D eigenvalue weighted by atomic mass is 16.5. The van der Waals surface area contributed by atoms with Crippen LogP contribution in [0.5, 0.6) is 5.75 Å². The van der Waals surface area contributed by atoms with E-state index in [4.69, 9.17) is 9.47 Å². The molecule has 1 aliphatic heterocycles. The number of aliphatic hydroxyl groups is 1. The first-order valence-corrected chi connectivity index (χ1v) is 13.2. The number of pyridine rings is 1. The highest BCUT2D eigenvalue weighted by Gasteiger charge is 2.42. The number of aromatic nitrogens is 1. The summed E-state index contributed by atoms with van der Waals surface area (Å²) in [6.45, 7) is 5.88. The molecule has 2 heterocycles. The minimum Gasteiger partial charge on any atom is -0.489 e. The number of Topliss-reactive ketones (excluding diaryl/α,β-unsaturated/α-hetero) is 1. The lowest BCUT2D eigenvalue weighted by Crippen LogP contribution is -2.43. The summed E-state index contributed by atoms with van der Waals surface area (Å²) in [5.74, 6) is 1.41. The molecule has 0 bridgehead atoms. The van der Waals surface area contributed by atoms with E-state index in [-0.39, 0.29) is 36.9 Å². The summed E-state index contributed by atoms with van der Waals surface area (Å²) in [4.78, 5) is 30.1. The van der Waals surface area contributed by atoms with Crippen molar-refractivity contribution in [2.24, 2.45) is 0 Å². The zero-order valence-corrected chi connectivity index (χ0v) is 22.2. The van der Waals surface area contributed by atoms with E-state index in [2.05, 4.69) is 27.9 Å². The predicted molar refractivity (Wildman–Crippen MR) is 146 cm³/mol. The molecule has 1 saturated carbocycles. The van der Waals surface area contributed by atoms with Crippen molar-refractivity contribution >= 4 is 23.6 Å². The van der Waals surface area contributed by atoms with Gasteiger partial charge in [-0.2, -0.15) is 0 Å². The number of nitrogens with one attached hydrogen (secondary N) is 2. The highest BCUT2D eigenvalue weighted by molar-refractivity contribution is 5.88. The summed E-state index contributed by atoms with van der Waals surface area (Å²) in [6, 6.07) is 9.49. The van der Waals surface area contributed by atoms with Gasteiger partial charge in [-0.25, -0.2) is 4.98 Å².